The fourth-order valence-electron chi connectivity index (χ4n) is 3.23. The number of nitrogens with zero attached hydrogens (tertiary/aromatic N) is 12. The maximum atomic E-state index is 9.87. The van der Waals surface area contributed by atoms with Gasteiger partial charge in [-0.25, -0.2) is 28.1 Å². The van der Waals surface area contributed by atoms with E-state index >= 15 is 0 Å². The van der Waals surface area contributed by atoms with Crippen LogP contribution in [-0.4, -0.2) is 58.7 Å². The zero-order chi connectivity index (χ0) is 34.4. The van der Waals surface area contributed by atoms with E-state index < -0.39 is 15.6 Å². The molecule has 12 nitrogen and oxygen atoms in total. The maximum absolute atomic E-state index is 10.7. The van der Waals surface area contributed by atoms with Crippen LogP contribution in [0.3, 0.4) is 0 Å². The van der Waals surface area contributed by atoms with Gasteiger partial charge in [0, 0.05) is 74.4 Å². The zero-order valence-corrected chi connectivity index (χ0v) is 25.7. The van der Waals surface area contributed by atoms with Crippen LogP contribution in [0.4, 0.5) is 50.4 Å². The Kier molecular flexibility index (Phi) is 10.6. The first-order chi connectivity index (χ1) is 20.8. The van der Waals surface area contributed by atoms with Crippen molar-refractivity contribution < 1.29 is 67.4 Å². The molecule has 0 saturated carbocycles. The van der Waals surface area contributed by atoms with Crippen molar-refractivity contribution in [2.45, 2.75) is 12.6 Å². The fraction of sp³-hybridized carbons (Fsp3) is 0.100. The van der Waals surface area contributed by atoms with Crippen molar-refractivity contribution >= 4 is 15.6 Å². The van der Waals surface area contributed by atoms with E-state index in [0.29, 0.717) is 0 Å². The monoisotopic (exact) mass is 773 g/mol. The molecule has 0 saturated heterocycles. The summed E-state index contributed by atoms with van der Waals surface area (Å²) in [6, 6.07) is 11.2. The van der Waals surface area contributed by atoms with Gasteiger partial charge in [-0.1, -0.05) is 0 Å². The molecule has 47 heavy (non-hydrogen) atoms. The smallest absolute Gasteiger partial charge is 0.227 e. The first-order valence-electron chi connectivity index (χ1n) is 11.9. The van der Waals surface area contributed by atoms with Gasteiger partial charge in [0.15, 0.2) is 0 Å². The minimum absolute atomic E-state index is 0. The molecule has 0 aliphatic rings. The number of aromatic nitrogens is 12. The van der Waals surface area contributed by atoms with Crippen LogP contribution in [0.1, 0.15) is 12.6 Å². The summed E-state index contributed by atoms with van der Waals surface area (Å²) in [6.07, 6.45) is 21.3. The third-order valence-corrected chi connectivity index (χ3v) is 4.57. The van der Waals surface area contributed by atoms with Crippen LogP contribution in [0.5, 0.6) is 0 Å². The van der Waals surface area contributed by atoms with Gasteiger partial charge in [-0.3, -0.25) is 0 Å². The van der Waals surface area contributed by atoms with Crippen LogP contribution in [0.15, 0.2) is 111 Å². The molecule has 1 radical (unpaired) electrons. The molecule has 0 N–H and O–H groups in total. The maximum Gasteiger partial charge on any atom is 2.00 e. The molecule has 6 rings (SSSR count). The summed E-state index contributed by atoms with van der Waals surface area (Å²) in [7, 11) is -21.3. The quantitative estimate of drug-likeness (QED) is 0.0957. The Morgan fingerprint density at radius 1 is 0.319 bits per heavy atom. The van der Waals surface area contributed by atoms with E-state index in [1.807, 2.05) is 73.6 Å². The van der Waals surface area contributed by atoms with Crippen molar-refractivity contribution in [1.82, 2.24) is 58.7 Å². The Labute approximate surface area is 265 Å². The van der Waals surface area contributed by atoms with E-state index in [-0.39, 0.29) is 29.6 Å². The average molecular weight is 773 g/mol. The molecule has 0 atom stereocenters. The number of hydrogen-bond donors (Lipinski definition) is 0. The summed E-state index contributed by atoms with van der Waals surface area (Å²) in [5.74, 6) is 0. The summed E-state index contributed by atoms with van der Waals surface area (Å²) in [5, 5.41) is 25.3. The van der Waals surface area contributed by atoms with Gasteiger partial charge >= 0.3 is 83.0 Å². The third kappa shape index (κ3) is 17.3. The first kappa shape index (κ1) is 39.0. The van der Waals surface area contributed by atoms with Crippen molar-refractivity contribution in [3.8, 4) is 0 Å². The van der Waals surface area contributed by atoms with Gasteiger partial charge in [0.2, 0.25) is 12.6 Å². The summed E-state index contributed by atoms with van der Waals surface area (Å²) >= 11 is 0. The molecular weight excluding hydrogens is 753 g/mol. The predicted octanol–water partition coefficient (Wildman–Crippen LogP) is 8.42. The Bertz CT molecular complexity index is 1390. The van der Waals surface area contributed by atoms with E-state index in [2.05, 4.69) is 30.6 Å². The summed E-state index contributed by atoms with van der Waals surface area (Å²) in [6.45, 7) is 0. The summed E-state index contributed by atoms with van der Waals surface area (Å²) < 4.78 is 129. The minimum Gasteiger partial charge on any atom is -0.227 e. The topological polar surface area (TPSA) is 107 Å². The van der Waals surface area contributed by atoms with Crippen LogP contribution in [0.25, 0.3) is 0 Å². The fourth-order valence-corrected chi connectivity index (χ4v) is 3.23. The van der Waals surface area contributed by atoms with Crippen molar-refractivity contribution in [1.29, 1.82) is 0 Å². The van der Waals surface area contributed by atoms with Crippen LogP contribution < -0.4 is 0 Å². The molecule has 6 heterocycles. The normalized spacial score (nSPS) is 14.4. The number of halogens is 12. The number of rotatable bonds is 6. The standard InChI is InChI=1S/2C10H10N6.2F6P.Mn/c2*1-4-11-14(7-1)10(15-8-2-5-12-15)16-9-3-6-13-16;2*1-7(2,3,4,5)6;/h2*1-10H;;;/q;;2*-1;+2. The van der Waals surface area contributed by atoms with E-state index in [1.54, 1.807) is 65.3 Å². The number of hydrogen-bond acceptors (Lipinski definition) is 6. The van der Waals surface area contributed by atoms with Crippen molar-refractivity contribution in [2.75, 3.05) is 0 Å². The van der Waals surface area contributed by atoms with Crippen LogP contribution in [0, 0.1) is 0 Å². The molecule has 6 aromatic rings. The van der Waals surface area contributed by atoms with Gasteiger partial charge in [0.1, 0.15) is 0 Å². The average Bonchev–Trinajstić information content (AvgIpc) is 3.71. The van der Waals surface area contributed by atoms with Gasteiger partial charge in [-0.05, 0) is 36.4 Å². The van der Waals surface area contributed by atoms with Gasteiger partial charge in [0.05, 0.1) is 0 Å². The molecule has 0 aromatic carbocycles. The zero-order valence-electron chi connectivity index (χ0n) is 22.7. The summed E-state index contributed by atoms with van der Waals surface area (Å²) in [4.78, 5) is 0. The Morgan fingerprint density at radius 3 is 0.532 bits per heavy atom. The first-order valence-corrected chi connectivity index (χ1v) is 15.9. The molecule has 0 bridgehead atoms. The minimum atomic E-state index is -10.7. The molecule has 0 aliphatic carbocycles. The second-order valence-electron chi connectivity index (χ2n) is 8.53. The van der Waals surface area contributed by atoms with Gasteiger partial charge in [-0.15, -0.1) is 0 Å². The van der Waals surface area contributed by atoms with E-state index in [9.17, 15) is 50.4 Å². The molecule has 0 unspecified atom stereocenters. The van der Waals surface area contributed by atoms with E-state index in [0.717, 1.165) is 0 Å². The van der Waals surface area contributed by atoms with Crippen molar-refractivity contribution in [3.63, 3.8) is 0 Å². The Hall–Kier alpha value is -4.20. The summed E-state index contributed by atoms with van der Waals surface area (Å²) in [5.41, 5.74) is 0. The van der Waals surface area contributed by atoms with Gasteiger partial charge < -0.3 is 0 Å². The molecule has 261 valence electrons. The molecule has 6 aromatic heterocycles. The largest absolute Gasteiger partial charge is 2.00 e. The van der Waals surface area contributed by atoms with Crippen LogP contribution in [-0.2, 0) is 17.1 Å². The van der Waals surface area contributed by atoms with Crippen LogP contribution in [0.2, 0.25) is 0 Å². The predicted molar refractivity (Wildman–Crippen MR) is 140 cm³/mol. The second kappa shape index (κ2) is 12.8. The Morgan fingerprint density at radius 2 is 0.447 bits per heavy atom. The van der Waals surface area contributed by atoms with Gasteiger partial charge in [0.25, 0.3) is 0 Å². The van der Waals surface area contributed by atoms with Crippen molar-refractivity contribution in [2.24, 2.45) is 0 Å². The SMILES string of the molecule is F[P-](F)(F)(F)(F)F.F[P-](F)(F)(F)(F)F.[Mn+2].c1cnn(C(n2cccn2)n2cccn2)c1.c1cnn(C(n2cccn2)n2cccn2)c1. The molecule has 27 heteroatoms. The van der Waals surface area contributed by atoms with Gasteiger partial charge in [-0.2, -0.15) is 30.6 Å². The molecule has 0 spiro atoms. The van der Waals surface area contributed by atoms with Crippen LogP contribution >= 0.6 is 15.6 Å². The molecule has 0 aliphatic heterocycles. The molecule has 0 fully saturated rings. The van der Waals surface area contributed by atoms with Crippen molar-refractivity contribution in [3.05, 3.63) is 111 Å². The van der Waals surface area contributed by atoms with E-state index in [4.69, 9.17) is 0 Å². The second-order valence-corrected chi connectivity index (χ2v) is 12.4. The molecular formula is C20H20F12MnN12P2. The Balaban J connectivity index is 0.000000234. The third-order valence-electron chi connectivity index (χ3n) is 4.57. The molecule has 0 amide bonds. The van der Waals surface area contributed by atoms with E-state index in [1.165, 1.54) is 0 Å².